The summed E-state index contributed by atoms with van der Waals surface area (Å²) in [5, 5.41) is 21.2. The highest BCUT2D eigenvalue weighted by molar-refractivity contribution is 5.93. The molecule has 186 valence electrons. The van der Waals surface area contributed by atoms with Crippen molar-refractivity contribution in [1.82, 2.24) is 30.5 Å². The first kappa shape index (κ1) is 23.5. The third-order valence-corrected chi connectivity index (χ3v) is 7.09. The maximum absolute atomic E-state index is 13.1. The number of hydrogen-bond donors (Lipinski definition) is 3. The smallest absolute Gasteiger partial charge is 0.319 e. The Morgan fingerprint density at radius 2 is 2.11 bits per heavy atom. The predicted octanol–water partition coefficient (Wildman–Crippen LogP) is 2.81. The molecule has 4 heterocycles. The highest BCUT2D eigenvalue weighted by atomic mass is 16.5. The summed E-state index contributed by atoms with van der Waals surface area (Å²) in [5.74, 6) is 1.38. The van der Waals surface area contributed by atoms with E-state index in [4.69, 9.17) is 4.74 Å². The summed E-state index contributed by atoms with van der Waals surface area (Å²) >= 11 is 0. The van der Waals surface area contributed by atoms with Crippen molar-refractivity contribution in [3.8, 4) is 6.01 Å². The van der Waals surface area contributed by atoms with Crippen LogP contribution in [-0.2, 0) is 0 Å². The van der Waals surface area contributed by atoms with Crippen LogP contribution in [0.2, 0.25) is 0 Å². The number of amides is 1. The van der Waals surface area contributed by atoms with Crippen molar-refractivity contribution in [3.63, 3.8) is 0 Å². The van der Waals surface area contributed by atoms with Crippen molar-refractivity contribution in [3.05, 3.63) is 35.8 Å². The highest BCUT2D eigenvalue weighted by Gasteiger charge is 2.39. The molecular formula is C25H33N7O3. The number of nitrogens with zero attached hydrogens (tertiary/aromatic N) is 5. The summed E-state index contributed by atoms with van der Waals surface area (Å²) in [6.45, 7) is 7.37. The number of aliphatic hydroxyl groups excluding tert-OH is 1. The average molecular weight is 480 g/mol. The lowest BCUT2D eigenvalue weighted by Crippen LogP contribution is -2.54. The number of piperidine rings is 1. The van der Waals surface area contributed by atoms with Gasteiger partial charge in [0.15, 0.2) is 5.65 Å². The summed E-state index contributed by atoms with van der Waals surface area (Å²) in [6.07, 6.45) is 5.01. The van der Waals surface area contributed by atoms with Crippen LogP contribution in [0, 0.1) is 5.92 Å². The van der Waals surface area contributed by atoms with Gasteiger partial charge in [0.05, 0.1) is 6.61 Å². The minimum Gasteiger partial charge on any atom is -0.458 e. The Kier molecular flexibility index (Phi) is 6.31. The molecule has 1 amide bonds. The molecule has 0 aromatic carbocycles. The number of nitrogens with one attached hydrogen (secondary N) is 2. The topological polar surface area (TPSA) is 129 Å². The normalized spacial score (nSPS) is 23.7. The van der Waals surface area contributed by atoms with E-state index in [1.807, 2.05) is 6.07 Å². The quantitative estimate of drug-likeness (QED) is 0.472. The van der Waals surface area contributed by atoms with E-state index in [0.29, 0.717) is 17.7 Å². The van der Waals surface area contributed by atoms with Gasteiger partial charge in [0.1, 0.15) is 17.6 Å². The lowest BCUT2D eigenvalue weighted by molar-refractivity contribution is 0.0762. The first-order chi connectivity index (χ1) is 16.8. The van der Waals surface area contributed by atoms with Gasteiger partial charge >= 0.3 is 6.01 Å². The number of aliphatic hydroxyl groups is 1. The summed E-state index contributed by atoms with van der Waals surface area (Å²) < 4.78 is 5.70. The zero-order valence-corrected chi connectivity index (χ0v) is 20.5. The summed E-state index contributed by atoms with van der Waals surface area (Å²) in [7, 11) is 0. The van der Waals surface area contributed by atoms with Crippen molar-refractivity contribution < 1.29 is 14.6 Å². The molecule has 1 aliphatic carbocycles. The lowest BCUT2D eigenvalue weighted by atomic mass is 9.70. The third kappa shape index (κ3) is 4.93. The van der Waals surface area contributed by atoms with E-state index in [-0.39, 0.29) is 29.8 Å². The monoisotopic (exact) mass is 479 g/mol. The third-order valence-electron chi connectivity index (χ3n) is 7.09. The largest absolute Gasteiger partial charge is 0.458 e. The molecule has 0 unspecified atom stereocenters. The van der Waals surface area contributed by atoms with Crippen LogP contribution in [0.25, 0.3) is 11.0 Å². The average Bonchev–Trinajstić information content (AvgIpc) is 3.27. The number of aromatic nitrogens is 5. The fourth-order valence-electron chi connectivity index (χ4n) is 5.46. The van der Waals surface area contributed by atoms with Crippen LogP contribution in [-0.4, -0.2) is 67.5 Å². The first-order valence-electron chi connectivity index (χ1n) is 12.4. The Morgan fingerprint density at radius 3 is 2.83 bits per heavy atom. The van der Waals surface area contributed by atoms with Crippen LogP contribution in [0.1, 0.15) is 68.6 Å². The molecule has 5 rings (SSSR count). The molecule has 2 aliphatic rings. The molecule has 35 heavy (non-hydrogen) atoms. The number of carbonyl (C=O) groups excluding carboxylic acids is 1. The molecule has 1 saturated heterocycles. The summed E-state index contributed by atoms with van der Waals surface area (Å²) in [5.41, 5.74) is 1.94. The number of aromatic amines is 1. The van der Waals surface area contributed by atoms with E-state index in [0.717, 1.165) is 55.5 Å². The van der Waals surface area contributed by atoms with Gasteiger partial charge in [-0.05, 0) is 57.6 Å². The molecule has 1 aliphatic heterocycles. The van der Waals surface area contributed by atoms with E-state index < -0.39 is 6.10 Å². The summed E-state index contributed by atoms with van der Waals surface area (Å²) in [4.78, 5) is 28.5. The van der Waals surface area contributed by atoms with Crippen molar-refractivity contribution >= 4 is 22.8 Å². The number of H-pyrrole nitrogens is 1. The van der Waals surface area contributed by atoms with Crippen molar-refractivity contribution in [2.75, 3.05) is 24.6 Å². The number of pyridine rings is 1. The fourth-order valence-corrected chi connectivity index (χ4v) is 5.46. The maximum Gasteiger partial charge on any atom is 0.319 e. The van der Waals surface area contributed by atoms with Crippen LogP contribution in [0.5, 0.6) is 6.01 Å². The van der Waals surface area contributed by atoms with E-state index in [1.54, 1.807) is 19.2 Å². The van der Waals surface area contributed by atoms with Crippen molar-refractivity contribution in [2.45, 2.75) is 64.0 Å². The molecule has 2 fully saturated rings. The van der Waals surface area contributed by atoms with Crippen LogP contribution >= 0.6 is 0 Å². The van der Waals surface area contributed by atoms with Gasteiger partial charge in [-0.15, -0.1) is 0 Å². The van der Waals surface area contributed by atoms with Crippen LogP contribution in [0.15, 0.2) is 24.4 Å². The van der Waals surface area contributed by atoms with Gasteiger partial charge in [-0.3, -0.25) is 9.89 Å². The van der Waals surface area contributed by atoms with E-state index >= 15 is 0 Å². The highest BCUT2D eigenvalue weighted by Crippen LogP contribution is 2.37. The molecule has 1 atom stereocenters. The predicted molar refractivity (Wildman–Crippen MR) is 132 cm³/mol. The van der Waals surface area contributed by atoms with Gasteiger partial charge in [0.25, 0.3) is 5.91 Å². The molecule has 3 aromatic heterocycles. The Morgan fingerprint density at radius 1 is 1.34 bits per heavy atom. The molecule has 10 nitrogen and oxygen atoms in total. The molecule has 0 spiro atoms. The zero-order valence-electron chi connectivity index (χ0n) is 20.5. The second-order valence-corrected chi connectivity index (χ2v) is 10.3. The molecule has 3 N–H and O–H groups in total. The number of rotatable bonds is 7. The van der Waals surface area contributed by atoms with Gasteiger partial charge < -0.3 is 20.1 Å². The van der Waals surface area contributed by atoms with E-state index in [2.05, 4.69) is 55.3 Å². The van der Waals surface area contributed by atoms with Crippen LogP contribution in [0.4, 0.5) is 5.82 Å². The van der Waals surface area contributed by atoms with Crippen LogP contribution < -0.4 is 15.0 Å². The second-order valence-electron chi connectivity index (χ2n) is 10.3. The van der Waals surface area contributed by atoms with E-state index in [9.17, 15) is 9.90 Å². The summed E-state index contributed by atoms with van der Waals surface area (Å²) in [6, 6.07) is 5.84. The molecule has 3 aromatic rings. The van der Waals surface area contributed by atoms with E-state index in [1.165, 1.54) is 0 Å². The van der Waals surface area contributed by atoms with Crippen LogP contribution in [0.3, 0.4) is 0 Å². The van der Waals surface area contributed by atoms with Crippen molar-refractivity contribution in [1.29, 1.82) is 0 Å². The Labute approximate surface area is 204 Å². The van der Waals surface area contributed by atoms with Gasteiger partial charge in [0, 0.05) is 47.9 Å². The zero-order chi connectivity index (χ0) is 24.6. The SMILES string of the molecule is CC1CC(C)(NC(=O)c2cc(N3CCC(c4[nH]nc5ncccc45)CC3)nc(O[C@H](C)CO)n2)C1. The minimum absolute atomic E-state index is 0.106. The maximum atomic E-state index is 13.1. The Balaban J connectivity index is 1.34. The number of fused-ring (bicyclic) bond motifs is 1. The number of ether oxygens (including phenoxy) is 1. The molecule has 10 heteroatoms. The Bertz CT molecular complexity index is 1200. The van der Waals surface area contributed by atoms with Gasteiger partial charge in [-0.1, -0.05) is 6.92 Å². The number of carbonyl (C=O) groups is 1. The molecule has 0 radical (unpaired) electrons. The number of hydrogen-bond acceptors (Lipinski definition) is 8. The molecule has 1 saturated carbocycles. The van der Waals surface area contributed by atoms with Gasteiger partial charge in [0.2, 0.25) is 0 Å². The first-order valence-corrected chi connectivity index (χ1v) is 12.4. The second kappa shape index (κ2) is 9.41. The van der Waals surface area contributed by atoms with Gasteiger partial charge in [-0.25, -0.2) is 4.98 Å². The standard InChI is InChI=1S/C25H33N7O3/c1-15-12-25(3,13-15)29-23(34)19-11-20(28-24(27-19)35-16(2)14-33)32-9-6-17(7-10-32)21-18-5-4-8-26-22(18)31-30-21/h4-5,8,11,15-17,33H,6-7,9-10,12-14H2,1-3H3,(H,29,34)(H,26,30,31)/t15?,16-,25?/m1/s1. The molecule has 0 bridgehead atoms. The van der Waals surface area contributed by atoms with Crippen molar-refractivity contribution in [2.24, 2.45) is 5.92 Å². The Hall–Kier alpha value is -3.27. The fraction of sp³-hybridized carbons (Fsp3) is 0.560. The number of anilines is 1. The minimum atomic E-state index is -0.473. The molecular weight excluding hydrogens is 446 g/mol. The lowest BCUT2D eigenvalue weighted by Gasteiger charge is -2.44. The van der Waals surface area contributed by atoms with Gasteiger partial charge in [-0.2, -0.15) is 15.1 Å².